The number of nitrogen functional groups attached to an aromatic ring is 1. The summed E-state index contributed by atoms with van der Waals surface area (Å²) in [6.45, 7) is 1.62. The third-order valence-corrected chi connectivity index (χ3v) is 2.63. The molecule has 0 fully saturated rings. The molecule has 0 unspecified atom stereocenters. The zero-order valence-corrected chi connectivity index (χ0v) is 10.1. The van der Waals surface area contributed by atoms with Crippen molar-refractivity contribution in [3.63, 3.8) is 0 Å². The lowest BCUT2D eigenvalue weighted by Gasteiger charge is -2.03. The maximum atomic E-state index is 11.5. The maximum Gasteiger partial charge on any atom is 0.256 e. The molecule has 3 N–H and O–H groups in total. The van der Waals surface area contributed by atoms with Gasteiger partial charge in [-0.15, -0.1) is 0 Å². The van der Waals surface area contributed by atoms with Gasteiger partial charge in [-0.25, -0.2) is 4.98 Å². The number of pyridine rings is 1. The van der Waals surface area contributed by atoms with Crippen LogP contribution in [-0.2, 0) is 0 Å². The second-order valence-electron chi connectivity index (χ2n) is 3.29. The van der Waals surface area contributed by atoms with Crippen molar-refractivity contribution in [2.75, 3.05) is 5.73 Å². The summed E-state index contributed by atoms with van der Waals surface area (Å²) in [6, 6.07) is 3.56. The van der Waals surface area contributed by atoms with Crippen LogP contribution in [0, 0.1) is 6.92 Å². The van der Waals surface area contributed by atoms with Crippen molar-refractivity contribution < 1.29 is 0 Å². The van der Waals surface area contributed by atoms with Gasteiger partial charge in [0.15, 0.2) is 5.82 Å². The molecule has 0 saturated heterocycles. The van der Waals surface area contributed by atoms with E-state index < -0.39 is 0 Å². The zero-order valence-electron chi connectivity index (χ0n) is 8.49. The Hall–Kier alpha value is -1.69. The molecule has 0 bridgehead atoms. The molecule has 0 atom stereocenters. The number of aromatic amines is 1. The van der Waals surface area contributed by atoms with Gasteiger partial charge in [-0.05, 0) is 35.0 Å². The van der Waals surface area contributed by atoms with Gasteiger partial charge in [-0.3, -0.25) is 9.78 Å². The van der Waals surface area contributed by atoms with E-state index in [1.54, 1.807) is 19.2 Å². The monoisotopic (exact) mass is 280 g/mol. The molecular formula is C10H9BrN4O. The first kappa shape index (κ1) is 10.8. The molecular weight excluding hydrogens is 272 g/mol. The zero-order chi connectivity index (χ0) is 11.7. The summed E-state index contributed by atoms with van der Waals surface area (Å²) >= 11 is 3.28. The first-order valence-electron chi connectivity index (χ1n) is 4.56. The van der Waals surface area contributed by atoms with Gasteiger partial charge in [0, 0.05) is 10.7 Å². The van der Waals surface area contributed by atoms with Crippen LogP contribution in [-0.4, -0.2) is 15.0 Å². The number of anilines is 1. The van der Waals surface area contributed by atoms with Gasteiger partial charge in [-0.1, -0.05) is 0 Å². The van der Waals surface area contributed by atoms with Crippen LogP contribution in [0.15, 0.2) is 27.6 Å². The van der Waals surface area contributed by atoms with Crippen LogP contribution >= 0.6 is 15.9 Å². The van der Waals surface area contributed by atoms with Gasteiger partial charge in [0.2, 0.25) is 0 Å². The Kier molecular flexibility index (Phi) is 2.74. The first-order chi connectivity index (χ1) is 7.58. The van der Waals surface area contributed by atoms with Crippen molar-refractivity contribution in [3.8, 4) is 11.5 Å². The molecule has 5 nitrogen and oxygen atoms in total. The summed E-state index contributed by atoms with van der Waals surface area (Å²) in [4.78, 5) is 22.3. The van der Waals surface area contributed by atoms with Crippen LogP contribution in [0.1, 0.15) is 5.56 Å². The summed E-state index contributed by atoms with van der Waals surface area (Å²) in [5.41, 5.74) is 6.37. The number of aromatic nitrogens is 3. The number of halogens is 1. The number of nitrogens with zero attached hydrogens (tertiary/aromatic N) is 2. The van der Waals surface area contributed by atoms with Gasteiger partial charge < -0.3 is 10.7 Å². The number of hydrogen-bond acceptors (Lipinski definition) is 4. The fourth-order valence-electron chi connectivity index (χ4n) is 1.19. The van der Waals surface area contributed by atoms with E-state index >= 15 is 0 Å². The Morgan fingerprint density at radius 2 is 2.19 bits per heavy atom. The molecule has 82 valence electrons. The van der Waals surface area contributed by atoms with Gasteiger partial charge >= 0.3 is 0 Å². The molecule has 0 saturated carbocycles. The Labute approximate surface area is 99.9 Å². The van der Waals surface area contributed by atoms with E-state index in [-0.39, 0.29) is 11.4 Å². The van der Waals surface area contributed by atoms with E-state index in [9.17, 15) is 4.79 Å². The number of rotatable bonds is 1. The molecule has 0 aromatic carbocycles. The fourth-order valence-corrected chi connectivity index (χ4v) is 1.42. The Balaban J connectivity index is 2.57. The molecule has 2 aromatic rings. The van der Waals surface area contributed by atoms with Crippen LogP contribution in [0.25, 0.3) is 11.5 Å². The molecule has 0 aliphatic heterocycles. The largest absolute Gasteiger partial charge is 0.383 e. The molecule has 16 heavy (non-hydrogen) atoms. The minimum Gasteiger partial charge on any atom is -0.383 e. The SMILES string of the molecule is Cc1c(N)nc(-c2ccc(Br)cn2)[nH]c1=O. The average molecular weight is 281 g/mol. The highest BCUT2D eigenvalue weighted by molar-refractivity contribution is 9.10. The fraction of sp³-hybridized carbons (Fsp3) is 0.100. The van der Waals surface area contributed by atoms with Gasteiger partial charge in [0.25, 0.3) is 5.56 Å². The van der Waals surface area contributed by atoms with Crippen LogP contribution in [0.2, 0.25) is 0 Å². The normalized spacial score (nSPS) is 10.4. The van der Waals surface area contributed by atoms with Crippen molar-refractivity contribution in [2.24, 2.45) is 0 Å². The van der Waals surface area contributed by atoms with Crippen LogP contribution in [0.5, 0.6) is 0 Å². The number of nitrogens with two attached hydrogens (primary N) is 1. The molecule has 0 aliphatic rings. The molecule has 0 spiro atoms. The molecule has 0 amide bonds. The summed E-state index contributed by atoms with van der Waals surface area (Å²) in [7, 11) is 0. The third kappa shape index (κ3) is 1.96. The summed E-state index contributed by atoms with van der Waals surface area (Å²) in [5, 5.41) is 0. The number of nitrogens with one attached hydrogen (secondary N) is 1. The molecule has 0 aliphatic carbocycles. The molecule has 0 radical (unpaired) electrons. The Morgan fingerprint density at radius 1 is 1.44 bits per heavy atom. The van der Waals surface area contributed by atoms with E-state index in [0.29, 0.717) is 17.1 Å². The van der Waals surface area contributed by atoms with Crippen molar-refractivity contribution in [1.29, 1.82) is 0 Å². The lowest BCUT2D eigenvalue weighted by molar-refractivity contribution is 1.08. The van der Waals surface area contributed by atoms with Crippen molar-refractivity contribution in [2.45, 2.75) is 6.92 Å². The highest BCUT2D eigenvalue weighted by Gasteiger charge is 2.07. The minimum atomic E-state index is -0.243. The lowest BCUT2D eigenvalue weighted by atomic mass is 10.3. The van der Waals surface area contributed by atoms with Crippen LogP contribution in [0.3, 0.4) is 0 Å². The highest BCUT2D eigenvalue weighted by Crippen LogP contribution is 2.15. The quantitative estimate of drug-likeness (QED) is 0.829. The van der Waals surface area contributed by atoms with E-state index in [1.165, 1.54) is 0 Å². The molecule has 2 aromatic heterocycles. The first-order valence-corrected chi connectivity index (χ1v) is 5.35. The summed E-state index contributed by atoms with van der Waals surface area (Å²) in [5.74, 6) is 0.601. The number of H-pyrrole nitrogens is 1. The Morgan fingerprint density at radius 3 is 2.75 bits per heavy atom. The topological polar surface area (TPSA) is 84.7 Å². The molecule has 2 heterocycles. The second-order valence-corrected chi connectivity index (χ2v) is 4.20. The second kappa shape index (κ2) is 4.05. The summed E-state index contributed by atoms with van der Waals surface area (Å²) < 4.78 is 0.860. The van der Waals surface area contributed by atoms with Gasteiger partial charge in [-0.2, -0.15) is 0 Å². The van der Waals surface area contributed by atoms with Crippen LogP contribution < -0.4 is 11.3 Å². The summed E-state index contributed by atoms with van der Waals surface area (Å²) in [6.07, 6.45) is 1.63. The van der Waals surface area contributed by atoms with E-state index in [2.05, 4.69) is 30.9 Å². The standard InChI is InChI=1S/C10H9BrN4O/c1-5-8(12)14-9(15-10(5)16)7-3-2-6(11)4-13-7/h2-4H,1H3,(H3,12,14,15,16). The van der Waals surface area contributed by atoms with Crippen LogP contribution in [0.4, 0.5) is 5.82 Å². The number of hydrogen-bond donors (Lipinski definition) is 2. The minimum absolute atomic E-state index is 0.225. The highest BCUT2D eigenvalue weighted by atomic mass is 79.9. The Bertz CT molecular complexity index is 576. The molecule has 2 rings (SSSR count). The van der Waals surface area contributed by atoms with Gasteiger partial charge in [0.05, 0.1) is 5.56 Å². The van der Waals surface area contributed by atoms with E-state index in [0.717, 1.165) is 4.47 Å². The van der Waals surface area contributed by atoms with Crippen molar-refractivity contribution >= 4 is 21.7 Å². The predicted octanol–water partition coefficient (Wildman–Crippen LogP) is 1.49. The van der Waals surface area contributed by atoms with Gasteiger partial charge in [0.1, 0.15) is 11.5 Å². The van der Waals surface area contributed by atoms with Crippen molar-refractivity contribution in [3.05, 3.63) is 38.7 Å². The lowest BCUT2D eigenvalue weighted by Crippen LogP contribution is -2.15. The average Bonchev–Trinajstić information content (AvgIpc) is 2.26. The molecule has 6 heteroatoms. The smallest absolute Gasteiger partial charge is 0.256 e. The van der Waals surface area contributed by atoms with Crippen molar-refractivity contribution in [1.82, 2.24) is 15.0 Å². The predicted molar refractivity (Wildman–Crippen MR) is 64.9 cm³/mol. The maximum absolute atomic E-state index is 11.5. The van der Waals surface area contributed by atoms with E-state index in [4.69, 9.17) is 5.73 Å². The van der Waals surface area contributed by atoms with E-state index in [1.807, 2.05) is 6.07 Å². The third-order valence-electron chi connectivity index (χ3n) is 2.16.